The molecule has 1 saturated heterocycles. The molecule has 1 aromatic rings. The molecule has 1 atom stereocenters. The summed E-state index contributed by atoms with van der Waals surface area (Å²) in [6.07, 6.45) is 0.807. The van der Waals surface area contributed by atoms with Crippen LogP contribution in [0, 0.1) is 23.4 Å². The molecule has 1 fully saturated rings. The third-order valence-corrected chi connectivity index (χ3v) is 3.75. The Labute approximate surface area is 120 Å². The lowest BCUT2D eigenvalue weighted by Crippen LogP contribution is -2.43. The van der Waals surface area contributed by atoms with E-state index in [9.17, 15) is 23.1 Å². The summed E-state index contributed by atoms with van der Waals surface area (Å²) >= 11 is 0. The summed E-state index contributed by atoms with van der Waals surface area (Å²) in [4.78, 5) is 13.4. The largest absolute Gasteiger partial charge is 0.393 e. The third-order valence-electron chi connectivity index (χ3n) is 3.75. The molecule has 1 aliphatic rings. The second-order valence-corrected chi connectivity index (χ2v) is 5.24. The minimum absolute atomic E-state index is 0.119. The summed E-state index contributed by atoms with van der Waals surface area (Å²) in [5, 5.41) is 11.6. The molecule has 4 nitrogen and oxygen atoms in total. The van der Waals surface area contributed by atoms with Gasteiger partial charge in [0, 0.05) is 25.2 Å². The van der Waals surface area contributed by atoms with Gasteiger partial charge in [0.2, 0.25) is 0 Å². The maximum absolute atomic E-state index is 13.5. The number of nitrogens with one attached hydrogen (secondary N) is 1. The fraction of sp³-hybridized carbons (Fsp3) is 0.500. The van der Waals surface area contributed by atoms with E-state index >= 15 is 0 Å². The zero-order valence-corrected chi connectivity index (χ0v) is 11.6. The Hall–Kier alpha value is -1.76. The van der Waals surface area contributed by atoms with E-state index in [-0.39, 0.29) is 5.92 Å². The number of amides is 2. The molecule has 1 aliphatic heterocycles. The second-order valence-electron chi connectivity index (χ2n) is 5.24. The molecule has 2 rings (SSSR count). The number of rotatable bonds is 2. The van der Waals surface area contributed by atoms with Crippen molar-refractivity contribution in [2.45, 2.75) is 25.9 Å². The first-order chi connectivity index (χ1) is 9.88. The summed E-state index contributed by atoms with van der Waals surface area (Å²) < 4.78 is 39.7. The average molecular weight is 302 g/mol. The van der Waals surface area contributed by atoms with Gasteiger partial charge in [-0.25, -0.2) is 18.0 Å². The zero-order chi connectivity index (χ0) is 15.6. The highest BCUT2D eigenvalue weighted by atomic mass is 19.1. The number of carbonyl (C=O) groups excluding carboxylic acids is 1. The molecule has 7 heteroatoms. The van der Waals surface area contributed by atoms with Gasteiger partial charge in [0.15, 0.2) is 11.6 Å². The van der Waals surface area contributed by atoms with Crippen molar-refractivity contribution in [3.63, 3.8) is 0 Å². The maximum Gasteiger partial charge on any atom is 0.322 e. The van der Waals surface area contributed by atoms with Crippen molar-refractivity contribution in [1.29, 1.82) is 0 Å². The molecule has 1 aromatic carbocycles. The summed E-state index contributed by atoms with van der Waals surface area (Å²) in [6, 6.07) is 0.389. The maximum atomic E-state index is 13.5. The van der Waals surface area contributed by atoms with Crippen molar-refractivity contribution in [3.05, 3.63) is 29.6 Å². The zero-order valence-electron chi connectivity index (χ0n) is 11.6. The SMILES string of the molecule is CC(O)C1CCN(C(=O)Nc2c(F)cc(F)cc2F)CC1. The molecule has 21 heavy (non-hydrogen) atoms. The summed E-state index contributed by atoms with van der Waals surface area (Å²) in [6.45, 7) is 2.49. The predicted molar refractivity (Wildman–Crippen MR) is 71.3 cm³/mol. The number of urea groups is 1. The van der Waals surface area contributed by atoms with Gasteiger partial charge in [-0.2, -0.15) is 0 Å². The first-order valence-electron chi connectivity index (χ1n) is 6.77. The highest BCUT2D eigenvalue weighted by molar-refractivity contribution is 5.89. The highest BCUT2D eigenvalue weighted by Crippen LogP contribution is 2.23. The van der Waals surface area contributed by atoms with Gasteiger partial charge in [0.1, 0.15) is 11.5 Å². The molecular formula is C14H17F3N2O2. The predicted octanol–water partition coefficient (Wildman–Crippen LogP) is 2.73. The van der Waals surface area contributed by atoms with Crippen molar-refractivity contribution in [1.82, 2.24) is 4.90 Å². The number of likely N-dealkylation sites (tertiary alicyclic amines) is 1. The number of hydrogen-bond donors (Lipinski definition) is 2. The van der Waals surface area contributed by atoms with Gasteiger partial charge in [-0.1, -0.05) is 0 Å². The molecule has 116 valence electrons. The Morgan fingerprint density at radius 1 is 1.29 bits per heavy atom. The van der Waals surface area contributed by atoms with Gasteiger partial charge in [-0.05, 0) is 25.7 Å². The Bertz CT molecular complexity index is 506. The number of aliphatic hydroxyl groups is 1. The van der Waals surface area contributed by atoms with Crippen LogP contribution in [0.2, 0.25) is 0 Å². The van der Waals surface area contributed by atoms with E-state index < -0.39 is 35.3 Å². The van der Waals surface area contributed by atoms with Gasteiger partial charge in [-0.15, -0.1) is 0 Å². The van der Waals surface area contributed by atoms with Crippen molar-refractivity contribution < 1.29 is 23.1 Å². The van der Waals surface area contributed by atoms with Crippen LogP contribution in [0.1, 0.15) is 19.8 Å². The fourth-order valence-electron chi connectivity index (χ4n) is 2.43. The monoisotopic (exact) mass is 302 g/mol. The van der Waals surface area contributed by atoms with Crippen LogP contribution < -0.4 is 5.32 Å². The smallest absolute Gasteiger partial charge is 0.322 e. The van der Waals surface area contributed by atoms with Crippen molar-refractivity contribution in [2.75, 3.05) is 18.4 Å². The van der Waals surface area contributed by atoms with E-state index in [0.29, 0.717) is 38.1 Å². The molecule has 2 N–H and O–H groups in total. The van der Waals surface area contributed by atoms with Gasteiger partial charge < -0.3 is 15.3 Å². The van der Waals surface area contributed by atoms with Crippen LogP contribution in [-0.4, -0.2) is 35.2 Å². The van der Waals surface area contributed by atoms with Gasteiger partial charge >= 0.3 is 6.03 Å². The lowest BCUT2D eigenvalue weighted by Gasteiger charge is -2.33. The number of benzene rings is 1. The van der Waals surface area contributed by atoms with E-state index in [1.165, 1.54) is 4.90 Å². The molecule has 0 aromatic heterocycles. The number of hydrogen-bond acceptors (Lipinski definition) is 2. The number of anilines is 1. The third kappa shape index (κ3) is 3.66. The molecule has 0 radical (unpaired) electrons. The lowest BCUT2D eigenvalue weighted by atomic mass is 9.92. The van der Waals surface area contributed by atoms with Crippen LogP contribution in [0.3, 0.4) is 0 Å². The van der Waals surface area contributed by atoms with E-state index in [4.69, 9.17) is 0 Å². The van der Waals surface area contributed by atoms with E-state index in [1.807, 2.05) is 0 Å². The number of aliphatic hydroxyl groups excluding tert-OH is 1. The Morgan fingerprint density at radius 2 is 1.81 bits per heavy atom. The van der Waals surface area contributed by atoms with Gasteiger partial charge in [-0.3, -0.25) is 0 Å². The molecule has 0 aliphatic carbocycles. The van der Waals surface area contributed by atoms with Crippen molar-refractivity contribution in [3.8, 4) is 0 Å². The Balaban J connectivity index is 2.00. The van der Waals surface area contributed by atoms with E-state index in [1.54, 1.807) is 6.92 Å². The van der Waals surface area contributed by atoms with Gasteiger partial charge in [0.25, 0.3) is 0 Å². The molecule has 2 amide bonds. The standard InChI is InChI=1S/C14H17F3N2O2/c1-8(20)9-2-4-19(5-3-9)14(21)18-13-11(16)6-10(15)7-12(13)17/h6-9,20H,2-5H2,1H3,(H,18,21). The minimum atomic E-state index is -1.15. The van der Waals surface area contributed by atoms with Crippen molar-refractivity contribution in [2.24, 2.45) is 5.92 Å². The van der Waals surface area contributed by atoms with Gasteiger partial charge in [0.05, 0.1) is 6.10 Å². The van der Waals surface area contributed by atoms with Crippen molar-refractivity contribution >= 4 is 11.7 Å². The van der Waals surface area contributed by atoms with E-state index in [2.05, 4.69) is 5.32 Å². The summed E-state index contributed by atoms with van der Waals surface area (Å²) in [5.41, 5.74) is -0.654. The summed E-state index contributed by atoms with van der Waals surface area (Å²) in [5.74, 6) is -3.23. The number of halogens is 3. The summed E-state index contributed by atoms with van der Waals surface area (Å²) in [7, 11) is 0. The second kappa shape index (κ2) is 6.34. The highest BCUT2D eigenvalue weighted by Gasteiger charge is 2.26. The molecule has 0 spiro atoms. The molecule has 1 unspecified atom stereocenters. The Kier molecular flexibility index (Phi) is 4.72. The first kappa shape index (κ1) is 15.6. The quantitative estimate of drug-likeness (QED) is 0.882. The number of carbonyl (C=O) groups is 1. The minimum Gasteiger partial charge on any atom is -0.393 e. The Morgan fingerprint density at radius 3 is 2.29 bits per heavy atom. The van der Waals surface area contributed by atoms with Crippen LogP contribution >= 0.6 is 0 Å². The van der Waals surface area contributed by atoms with Crippen LogP contribution in [0.4, 0.5) is 23.7 Å². The van der Waals surface area contributed by atoms with Crippen LogP contribution in [0.5, 0.6) is 0 Å². The lowest BCUT2D eigenvalue weighted by molar-refractivity contribution is 0.0820. The van der Waals surface area contributed by atoms with Crippen LogP contribution in [0.25, 0.3) is 0 Å². The first-order valence-corrected chi connectivity index (χ1v) is 6.77. The van der Waals surface area contributed by atoms with E-state index in [0.717, 1.165) is 0 Å². The molecule has 1 heterocycles. The number of nitrogens with zero attached hydrogens (tertiary/aromatic N) is 1. The fourth-order valence-corrected chi connectivity index (χ4v) is 2.43. The normalized spacial score (nSPS) is 17.7. The average Bonchev–Trinajstić information content (AvgIpc) is 2.42. The molecule has 0 saturated carbocycles. The topological polar surface area (TPSA) is 52.6 Å². The van der Waals surface area contributed by atoms with Crippen LogP contribution in [0.15, 0.2) is 12.1 Å². The molecular weight excluding hydrogens is 285 g/mol. The van der Waals surface area contributed by atoms with Crippen LogP contribution in [-0.2, 0) is 0 Å². The molecule has 0 bridgehead atoms. The number of piperidine rings is 1.